The smallest absolute Gasteiger partial charge is 0.292 e. The molecule has 130 valence electrons. The number of amides is 2. The number of carbonyl (C=O) groups is 2. The first-order valence-corrected chi connectivity index (χ1v) is 8.49. The van der Waals surface area contributed by atoms with Crippen molar-refractivity contribution in [2.75, 3.05) is 25.1 Å². The lowest BCUT2D eigenvalue weighted by Gasteiger charge is -2.34. The Hall–Kier alpha value is -1.63. The average Bonchev–Trinajstić information content (AvgIpc) is 2.81. The van der Waals surface area contributed by atoms with Crippen molar-refractivity contribution in [1.82, 2.24) is 0 Å². The van der Waals surface area contributed by atoms with E-state index in [9.17, 15) is 9.59 Å². The fourth-order valence-corrected chi connectivity index (χ4v) is 3.81. The van der Waals surface area contributed by atoms with Crippen molar-refractivity contribution in [3.05, 3.63) is 23.2 Å². The quantitative estimate of drug-likeness (QED) is 0.812. The van der Waals surface area contributed by atoms with E-state index in [0.717, 1.165) is 4.90 Å². The van der Waals surface area contributed by atoms with Gasteiger partial charge in [0.05, 0.1) is 19.2 Å². The molecule has 0 aromatic heterocycles. The highest BCUT2D eigenvalue weighted by molar-refractivity contribution is 6.31. The summed E-state index contributed by atoms with van der Waals surface area (Å²) >= 11 is 6.04. The molecule has 2 heterocycles. The maximum absolute atomic E-state index is 13.0. The standard InChI is InChI=1S/C17H21ClN2O4/c1-10-8-19(9-11(2)24-10)14-7-16(21)20(17(14)22)13-6-12(18)4-5-15(13)23-3/h4-6,10-11,14H,7-9H2,1-3H3/p+1/t10-,11-,14-/m1/s1. The van der Waals surface area contributed by atoms with Gasteiger partial charge in [-0.05, 0) is 32.0 Å². The first-order valence-electron chi connectivity index (χ1n) is 8.11. The predicted octanol–water partition coefficient (Wildman–Crippen LogP) is 0.673. The van der Waals surface area contributed by atoms with E-state index in [0.29, 0.717) is 29.5 Å². The molecule has 7 heteroatoms. The summed E-state index contributed by atoms with van der Waals surface area (Å²) in [5.74, 6) is 0.0437. The number of hydrogen-bond donors (Lipinski definition) is 1. The number of morpholine rings is 1. The Kier molecular flexibility index (Phi) is 4.80. The van der Waals surface area contributed by atoms with Gasteiger partial charge in [-0.15, -0.1) is 0 Å². The molecule has 0 aliphatic carbocycles. The van der Waals surface area contributed by atoms with Gasteiger partial charge in [0.25, 0.3) is 5.91 Å². The van der Waals surface area contributed by atoms with Crippen LogP contribution >= 0.6 is 11.6 Å². The molecule has 2 aliphatic rings. The van der Waals surface area contributed by atoms with Gasteiger partial charge in [0.2, 0.25) is 5.91 Å². The van der Waals surface area contributed by atoms with Crippen LogP contribution in [0, 0.1) is 0 Å². The largest absolute Gasteiger partial charge is 0.495 e. The highest BCUT2D eigenvalue weighted by Gasteiger charge is 2.48. The van der Waals surface area contributed by atoms with Crippen LogP contribution in [0.25, 0.3) is 0 Å². The molecule has 2 aliphatic heterocycles. The second-order valence-electron chi connectivity index (χ2n) is 6.46. The molecule has 1 aromatic rings. The molecule has 6 nitrogen and oxygen atoms in total. The minimum Gasteiger partial charge on any atom is -0.495 e. The van der Waals surface area contributed by atoms with E-state index in [4.69, 9.17) is 21.1 Å². The number of hydrogen-bond acceptors (Lipinski definition) is 4. The molecule has 0 unspecified atom stereocenters. The summed E-state index contributed by atoms with van der Waals surface area (Å²) in [4.78, 5) is 27.8. The van der Waals surface area contributed by atoms with Gasteiger partial charge in [-0.1, -0.05) is 11.6 Å². The molecule has 0 saturated carbocycles. The number of ether oxygens (including phenoxy) is 2. The summed E-state index contributed by atoms with van der Waals surface area (Å²) in [5.41, 5.74) is 0.413. The Morgan fingerprint density at radius 1 is 1.25 bits per heavy atom. The van der Waals surface area contributed by atoms with Gasteiger partial charge in [-0.3, -0.25) is 9.59 Å². The molecule has 24 heavy (non-hydrogen) atoms. The van der Waals surface area contributed by atoms with Crippen molar-refractivity contribution in [2.24, 2.45) is 0 Å². The van der Waals surface area contributed by atoms with E-state index in [1.807, 2.05) is 13.8 Å². The number of nitrogens with one attached hydrogen (secondary N) is 1. The molecular weight excluding hydrogens is 332 g/mol. The van der Waals surface area contributed by atoms with E-state index < -0.39 is 0 Å². The summed E-state index contributed by atoms with van der Waals surface area (Å²) in [6.07, 6.45) is 0.339. The minimum atomic E-state index is -0.380. The second kappa shape index (κ2) is 6.70. The first-order chi connectivity index (χ1) is 11.4. The Morgan fingerprint density at radius 2 is 1.92 bits per heavy atom. The molecular formula is C17H22ClN2O4+. The third-order valence-electron chi connectivity index (χ3n) is 4.59. The Balaban J connectivity index is 1.88. The topological polar surface area (TPSA) is 60.3 Å². The maximum atomic E-state index is 13.0. The van der Waals surface area contributed by atoms with Crippen LogP contribution in [-0.2, 0) is 14.3 Å². The van der Waals surface area contributed by atoms with Crippen LogP contribution in [0.2, 0.25) is 5.02 Å². The van der Waals surface area contributed by atoms with E-state index >= 15 is 0 Å². The monoisotopic (exact) mass is 353 g/mol. The molecule has 1 N–H and O–H groups in total. The average molecular weight is 354 g/mol. The van der Waals surface area contributed by atoms with Gasteiger partial charge in [0.1, 0.15) is 31.0 Å². The number of imide groups is 1. The van der Waals surface area contributed by atoms with E-state index in [-0.39, 0.29) is 36.5 Å². The lowest BCUT2D eigenvalue weighted by atomic mass is 10.1. The van der Waals surface area contributed by atoms with Crippen LogP contribution in [0.5, 0.6) is 5.75 Å². The zero-order chi connectivity index (χ0) is 17.4. The maximum Gasteiger partial charge on any atom is 0.292 e. The van der Waals surface area contributed by atoms with Gasteiger partial charge < -0.3 is 14.4 Å². The fraction of sp³-hybridized carbons (Fsp3) is 0.529. The zero-order valence-electron chi connectivity index (χ0n) is 14.0. The zero-order valence-corrected chi connectivity index (χ0v) is 14.8. The van der Waals surface area contributed by atoms with Crippen LogP contribution in [-0.4, -0.2) is 50.3 Å². The summed E-state index contributed by atoms with van der Waals surface area (Å²) in [7, 11) is 1.51. The minimum absolute atomic E-state index is 0.0707. The van der Waals surface area contributed by atoms with Crippen LogP contribution in [0.1, 0.15) is 20.3 Å². The van der Waals surface area contributed by atoms with E-state index in [1.54, 1.807) is 18.2 Å². The number of benzene rings is 1. The van der Waals surface area contributed by atoms with Crippen molar-refractivity contribution in [2.45, 2.75) is 38.5 Å². The molecule has 2 saturated heterocycles. The van der Waals surface area contributed by atoms with Crippen LogP contribution in [0.15, 0.2) is 18.2 Å². The van der Waals surface area contributed by atoms with Crippen LogP contribution in [0.4, 0.5) is 5.69 Å². The number of nitrogens with zero attached hydrogens (tertiary/aromatic N) is 1. The lowest BCUT2D eigenvalue weighted by molar-refractivity contribution is -0.929. The molecule has 0 radical (unpaired) electrons. The molecule has 2 amide bonds. The predicted molar refractivity (Wildman–Crippen MR) is 89.6 cm³/mol. The number of anilines is 1. The van der Waals surface area contributed by atoms with Gasteiger partial charge in [0, 0.05) is 5.02 Å². The molecule has 3 rings (SSSR count). The number of carbonyl (C=O) groups excluding carboxylic acids is 2. The normalized spacial score (nSPS) is 30.8. The molecule has 0 bridgehead atoms. The van der Waals surface area contributed by atoms with Gasteiger partial charge in [-0.2, -0.15) is 0 Å². The Labute approximate surface area is 146 Å². The number of methoxy groups -OCH3 is 1. The van der Waals surface area contributed by atoms with Crippen molar-refractivity contribution >= 4 is 29.1 Å². The third kappa shape index (κ3) is 3.14. The fourth-order valence-electron chi connectivity index (χ4n) is 3.64. The Morgan fingerprint density at radius 3 is 2.54 bits per heavy atom. The van der Waals surface area contributed by atoms with Crippen LogP contribution < -0.4 is 14.5 Å². The number of rotatable bonds is 3. The second-order valence-corrected chi connectivity index (χ2v) is 6.90. The van der Waals surface area contributed by atoms with E-state index in [1.165, 1.54) is 12.0 Å². The van der Waals surface area contributed by atoms with Crippen LogP contribution in [0.3, 0.4) is 0 Å². The van der Waals surface area contributed by atoms with Crippen molar-refractivity contribution in [1.29, 1.82) is 0 Å². The lowest BCUT2D eigenvalue weighted by Crippen LogP contribution is -3.19. The van der Waals surface area contributed by atoms with Gasteiger partial charge in [-0.25, -0.2) is 4.90 Å². The van der Waals surface area contributed by atoms with Crippen molar-refractivity contribution in [3.8, 4) is 5.75 Å². The summed E-state index contributed by atoms with van der Waals surface area (Å²) in [6, 6.07) is 4.55. The molecule has 1 aromatic carbocycles. The summed E-state index contributed by atoms with van der Waals surface area (Å²) in [6.45, 7) is 5.42. The molecule has 2 fully saturated rings. The van der Waals surface area contributed by atoms with Crippen molar-refractivity contribution < 1.29 is 24.0 Å². The summed E-state index contributed by atoms with van der Waals surface area (Å²) in [5, 5.41) is 0.454. The Bertz CT molecular complexity index is 656. The van der Waals surface area contributed by atoms with Gasteiger partial charge >= 0.3 is 0 Å². The highest BCUT2D eigenvalue weighted by atomic mass is 35.5. The first kappa shape index (κ1) is 17.2. The SMILES string of the molecule is COc1ccc(Cl)cc1N1C(=O)C[C@@H]([NH+]2C[C@@H](C)O[C@H](C)C2)C1=O. The number of halogens is 1. The highest BCUT2D eigenvalue weighted by Crippen LogP contribution is 2.34. The van der Waals surface area contributed by atoms with E-state index in [2.05, 4.69) is 0 Å². The molecule has 3 atom stereocenters. The summed E-state index contributed by atoms with van der Waals surface area (Å²) < 4.78 is 11.0. The number of quaternary nitrogens is 1. The molecule has 0 spiro atoms. The van der Waals surface area contributed by atoms with Gasteiger partial charge in [0.15, 0.2) is 6.04 Å². The van der Waals surface area contributed by atoms with Crippen molar-refractivity contribution in [3.63, 3.8) is 0 Å². The third-order valence-corrected chi connectivity index (χ3v) is 4.82.